The van der Waals surface area contributed by atoms with Crippen molar-refractivity contribution in [1.29, 1.82) is 0 Å². The predicted molar refractivity (Wildman–Crippen MR) is 81.5 cm³/mol. The lowest BCUT2D eigenvalue weighted by molar-refractivity contribution is 0.589. The average molecular weight is 263 g/mol. The fourth-order valence-electron chi connectivity index (χ4n) is 2.15. The minimum Gasteiger partial charge on any atom is -0.436 e. The van der Waals surface area contributed by atoms with Crippen LogP contribution < -0.4 is 0 Å². The summed E-state index contributed by atoms with van der Waals surface area (Å²) in [6.45, 7) is 4.38. The molecule has 20 heavy (non-hydrogen) atoms. The van der Waals surface area contributed by atoms with Crippen LogP contribution >= 0.6 is 0 Å². The van der Waals surface area contributed by atoms with E-state index in [1.54, 1.807) is 6.20 Å². The van der Waals surface area contributed by atoms with Gasteiger partial charge in [0.25, 0.3) is 0 Å². The van der Waals surface area contributed by atoms with Gasteiger partial charge in [0.15, 0.2) is 5.76 Å². The summed E-state index contributed by atoms with van der Waals surface area (Å²) in [5, 5.41) is 0. The number of hydrogen-bond donors (Lipinski definition) is 0. The highest BCUT2D eigenvalue weighted by Crippen LogP contribution is 2.26. The molecule has 3 aromatic rings. The number of rotatable bonds is 3. The zero-order chi connectivity index (χ0) is 13.9. The molecule has 0 unspecified atom stereocenters. The molecule has 1 aromatic heterocycles. The number of nitrogens with zero attached hydrogens (tertiary/aromatic N) is 1. The van der Waals surface area contributed by atoms with E-state index in [2.05, 4.69) is 43.1 Å². The van der Waals surface area contributed by atoms with Crippen molar-refractivity contribution in [2.75, 3.05) is 0 Å². The van der Waals surface area contributed by atoms with E-state index in [0.717, 1.165) is 16.9 Å². The molecule has 0 spiro atoms. The van der Waals surface area contributed by atoms with Gasteiger partial charge in [0.2, 0.25) is 5.89 Å². The van der Waals surface area contributed by atoms with E-state index in [9.17, 15) is 0 Å². The van der Waals surface area contributed by atoms with Gasteiger partial charge in [-0.3, -0.25) is 0 Å². The smallest absolute Gasteiger partial charge is 0.226 e. The third-order valence-corrected chi connectivity index (χ3v) is 3.39. The maximum absolute atomic E-state index is 5.84. The van der Waals surface area contributed by atoms with E-state index in [4.69, 9.17) is 4.42 Å². The molecule has 2 heteroatoms. The van der Waals surface area contributed by atoms with E-state index in [1.165, 1.54) is 5.56 Å². The lowest BCUT2D eigenvalue weighted by Crippen LogP contribution is -1.86. The molecule has 0 bridgehead atoms. The van der Waals surface area contributed by atoms with Gasteiger partial charge in [0.05, 0.1) is 6.20 Å². The second-order valence-electron chi connectivity index (χ2n) is 5.17. The van der Waals surface area contributed by atoms with Gasteiger partial charge in [-0.25, -0.2) is 4.98 Å². The summed E-state index contributed by atoms with van der Waals surface area (Å²) in [7, 11) is 0. The Kier molecular flexibility index (Phi) is 3.38. The number of hydrogen-bond acceptors (Lipinski definition) is 2. The lowest BCUT2D eigenvalue weighted by atomic mass is 10.0. The van der Waals surface area contributed by atoms with E-state index in [-0.39, 0.29) is 0 Å². The maximum Gasteiger partial charge on any atom is 0.226 e. The third kappa shape index (κ3) is 2.50. The van der Waals surface area contributed by atoms with Gasteiger partial charge >= 0.3 is 0 Å². The van der Waals surface area contributed by atoms with Crippen LogP contribution in [0.4, 0.5) is 0 Å². The molecule has 0 aliphatic heterocycles. The first kappa shape index (κ1) is 12.7. The van der Waals surface area contributed by atoms with E-state index in [0.29, 0.717) is 11.8 Å². The van der Waals surface area contributed by atoms with Crippen molar-refractivity contribution < 1.29 is 4.42 Å². The summed E-state index contributed by atoms with van der Waals surface area (Å²) >= 11 is 0. The van der Waals surface area contributed by atoms with Crippen LogP contribution in [0.5, 0.6) is 0 Å². The Balaban J connectivity index is 1.90. The topological polar surface area (TPSA) is 26.0 Å². The van der Waals surface area contributed by atoms with Gasteiger partial charge in [0.1, 0.15) is 0 Å². The van der Waals surface area contributed by atoms with Gasteiger partial charge < -0.3 is 4.42 Å². The van der Waals surface area contributed by atoms with E-state index < -0.39 is 0 Å². The quantitative estimate of drug-likeness (QED) is 0.654. The Morgan fingerprint density at radius 1 is 0.850 bits per heavy atom. The summed E-state index contributed by atoms with van der Waals surface area (Å²) in [5.74, 6) is 2.00. The summed E-state index contributed by atoms with van der Waals surface area (Å²) in [4.78, 5) is 4.37. The molecule has 0 aliphatic rings. The van der Waals surface area contributed by atoms with Gasteiger partial charge in [-0.1, -0.05) is 56.3 Å². The summed E-state index contributed by atoms with van der Waals surface area (Å²) in [5.41, 5.74) is 3.38. The molecule has 2 nitrogen and oxygen atoms in total. The molecule has 0 aliphatic carbocycles. The first-order valence-corrected chi connectivity index (χ1v) is 6.85. The van der Waals surface area contributed by atoms with Crippen LogP contribution in [0, 0.1) is 0 Å². The van der Waals surface area contributed by atoms with E-state index >= 15 is 0 Å². The van der Waals surface area contributed by atoms with Gasteiger partial charge in [-0.05, 0) is 23.6 Å². The largest absolute Gasteiger partial charge is 0.436 e. The highest BCUT2D eigenvalue weighted by atomic mass is 16.4. The van der Waals surface area contributed by atoms with Crippen molar-refractivity contribution in [3.63, 3.8) is 0 Å². The summed E-state index contributed by atoms with van der Waals surface area (Å²) < 4.78 is 5.84. The molecule has 0 N–H and O–H groups in total. The van der Waals surface area contributed by atoms with Crippen LogP contribution in [-0.2, 0) is 0 Å². The highest BCUT2D eigenvalue weighted by molar-refractivity contribution is 5.61. The second-order valence-corrected chi connectivity index (χ2v) is 5.17. The molecule has 100 valence electrons. The van der Waals surface area contributed by atoms with Crippen molar-refractivity contribution in [3.05, 3.63) is 66.4 Å². The first-order chi connectivity index (χ1) is 9.74. The molecular formula is C18H17NO. The molecule has 0 saturated heterocycles. The Hall–Kier alpha value is -2.35. The monoisotopic (exact) mass is 263 g/mol. The molecule has 0 amide bonds. The predicted octanol–water partition coefficient (Wildman–Crippen LogP) is 5.13. The standard InChI is InChI=1S/C18H17NO/c1-13(2)14-8-10-16(11-9-14)18-19-12-17(20-18)15-6-4-3-5-7-15/h3-13H,1-2H3. The van der Waals surface area contributed by atoms with Crippen LogP contribution in [0.1, 0.15) is 25.3 Å². The molecule has 2 aromatic carbocycles. The number of aromatic nitrogens is 1. The molecule has 0 fully saturated rings. The molecule has 0 saturated carbocycles. The zero-order valence-electron chi connectivity index (χ0n) is 11.7. The summed E-state index contributed by atoms with van der Waals surface area (Å²) in [6.07, 6.45) is 1.78. The van der Waals surface area contributed by atoms with Crippen LogP contribution in [0.2, 0.25) is 0 Å². The van der Waals surface area contributed by atoms with Crippen molar-refractivity contribution in [2.24, 2.45) is 0 Å². The van der Waals surface area contributed by atoms with Crippen LogP contribution in [0.25, 0.3) is 22.8 Å². The highest BCUT2D eigenvalue weighted by Gasteiger charge is 2.08. The number of oxazole rings is 1. The second kappa shape index (κ2) is 5.33. The molecule has 1 heterocycles. The third-order valence-electron chi connectivity index (χ3n) is 3.39. The van der Waals surface area contributed by atoms with Gasteiger partial charge in [-0.15, -0.1) is 0 Å². The normalized spacial score (nSPS) is 10.9. The Bertz CT molecular complexity index is 681. The summed E-state index contributed by atoms with van der Waals surface area (Å²) in [6, 6.07) is 18.4. The SMILES string of the molecule is CC(C)c1ccc(-c2ncc(-c3ccccc3)o2)cc1. The first-order valence-electron chi connectivity index (χ1n) is 6.85. The van der Waals surface area contributed by atoms with Crippen LogP contribution in [0.3, 0.4) is 0 Å². The fourth-order valence-corrected chi connectivity index (χ4v) is 2.15. The van der Waals surface area contributed by atoms with Gasteiger partial charge in [-0.2, -0.15) is 0 Å². The lowest BCUT2D eigenvalue weighted by Gasteiger charge is -2.04. The average Bonchev–Trinajstić information content (AvgIpc) is 2.98. The molecule has 0 radical (unpaired) electrons. The Morgan fingerprint density at radius 3 is 2.20 bits per heavy atom. The maximum atomic E-state index is 5.84. The Morgan fingerprint density at radius 2 is 1.55 bits per heavy atom. The minimum absolute atomic E-state index is 0.536. The fraction of sp³-hybridized carbons (Fsp3) is 0.167. The molecule has 0 atom stereocenters. The van der Waals surface area contributed by atoms with Crippen molar-refractivity contribution in [1.82, 2.24) is 4.98 Å². The minimum atomic E-state index is 0.536. The zero-order valence-corrected chi connectivity index (χ0v) is 11.7. The van der Waals surface area contributed by atoms with Crippen molar-refractivity contribution in [2.45, 2.75) is 19.8 Å². The van der Waals surface area contributed by atoms with E-state index in [1.807, 2.05) is 30.3 Å². The molecular weight excluding hydrogens is 246 g/mol. The van der Waals surface area contributed by atoms with Crippen LogP contribution in [0.15, 0.2) is 65.2 Å². The molecule has 3 rings (SSSR count). The Labute approximate surface area is 119 Å². The van der Waals surface area contributed by atoms with Crippen molar-refractivity contribution >= 4 is 0 Å². The van der Waals surface area contributed by atoms with Gasteiger partial charge in [0, 0.05) is 11.1 Å². The van der Waals surface area contributed by atoms with Crippen molar-refractivity contribution in [3.8, 4) is 22.8 Å². The number of benzene rings is 2. The van der Waals surface area contributed by atoms with Crippen LogP contribution in [-0.4, -0.2) is 4.98 Å².